The molecule has 2 aliphatic rings. The van der Waals surface area contributed by atoms with Crippen molar-refractivity contribution in [1.82, 2.24) is 10.2 Å². The molecule has 3 heterocycles. The fourth-order valence-corrected chi connectivity index (χ4v) is 4.43. The van der Waals surface area contributed by atoms with E-state index >= 15 is 0 Å². The maximum Gasteiger partial charge on any atom is 0.349 e. The molecule has 4 rings (SSSR count). The number of likely N-dealkylation sites (tertiary alicyclic amines) is 1. The summed E-state index contributed by atoms with van der Waals surface area (Å²) in [6.45, 7) is 3.48. The number of rotatable bonds is 5. The highest BCUT2D eigenvalue weighted by Gasteiger charge is 2.41. The quantitative estimate of drug-likeness (QED) is 0.884. The lowest BCUT2D eigenvalue weighted by Crippen LogP contribution is -2.40. The third-order valence-corrected chi connectivity index (χ3v) is 5.80. The Morgan fingerprint density at radius 1 is 1.22 bits per heavy atom. The second-order valence-corrected chi connectivity index (χ2v) is 7.60. The lowest BCUT2D eigenvalue weighted by Gasteiger charge is -2.23. The Morgan fingerprint density at radius 2 is 2.04 bits per heavy atom. The highest BCUT2D eigenvalue weighted by molar-refractivity contribution is 5.95. The van der Waals surface area contributed by atoms with Gasteiger partial charge in [0.15, 0.2) is 0 Å². The Bertz CT molecular complexity index is 875. The van der Waals surface area contributed by atoms with E-state index in [9.17, 15) is 9.59 Å². The Morgan fingerprint density at radius 3 is 2.81 bits per heavy atom. The molecule has 0 unspecified atom stereocenters. The average Bonchev–Trinajstić information content (AvgIpc) is 3.25. The zero-order valence-electron chi connectivity index (χ0n) is 15.7. The fourth-order valence-electron chi connectivity index (χ4n) is 4.43. The van der Waals surface area contributed by atoms with Gasteiger partial charge < -0.3 is 14.6 Å². The van der Waals surface area contributed by atoms with Gasteiger partial charge in [-0.15, -0.1) is 0 Å². The number of fused-ring (bicyclic) bond motifs is 1. The molecule has 0 bridgehead atoms. The molecule has 1 aromatic heterocycles. The van der Waals surface area contributed by atoms with Gasteiger partial charge in [0.25, 0.3) is 5.91 Å². The molecule has 2 aromatic rings. The molecule has 1 amide bonds. The minimum Gasteiger partial charge on any atom is -0.427 e. The normalized spacial score (nSPS) is 21.4. The van der Waals surface area contributed by atoms with Crippen LogP contribution in [0.25, 0.3) is 0 Å². The van der Waals surface area contributed by atoms with E-state index in [1.165, 1.54) is 5.56 Å². The molecular formula is C22H26N2O3. The predicted molar refractivity (Wildman–Crippen MR) is 104 cm³/mol. The molecule has 27 heavy (non-hydrogen) atoms. The van der Waals surface area contributed by atoms with Gasteiger partial charge in [-0.25, -0.2) is 4.79 Å². The second-order valence-electron chi connectivity index (χ2n) is 7.60. The number of amides is 1. The maximum absolute atomic E-state index is 13.0. The van der Waals surface area contributed by atoms with E-state index in [-0.39, 0.29) is 17.5 Å². The van der Waals surface area contributed by atoms with Crippen molar-refractivity contribution in [2.24, 2.45) is 0 Å². The van der Waals surface area contributed by atoms with Gasteiger partial charge in [0.2, 0.25) is 0 Å². The van der Waals surface area contributed by atoms with Crippen molar-refractivity contribution in [3.8, 4) is 0 Å². The van der Waals surface area contributed by atoms with E-state index < -0.39 is 5.63 Å². The summed E-state index contributed by atoms with van der Waals surface area (Å²) in [6.07, 6.45) is 4.45. The number of nitrogens with zero attached hydrogens (tertiary/aromatic N) is 1. The van der Waals surface area contributed by atoms with Gasteiger partial charge in [-0.1, -0.05) is 30.3 Å². The zero-order valence-corrected chi connectivity index (χ0v) is 15.7. The van der Waals surface area contributed by atoms with Crippen LogP contribution in [-0.4, -0.2) is 36.0 Å². The average molecular weight is 366 g/mol. The molecule has 5 nitrogen and oxygen atoms in total. The Hall–Kier alpha value is -2.40. The largest absolute Gasteiger partial charge is 0.427 e. The third kappa shape index (κ3) is 3.69. The van der Waals surface area contributed by atoms with Crippen molar-refractivity contribution in [1.29, 1.82) is 0 Å². The van der Waals surface area contributed by atoms with Crippen LogP contribution < -0.4 is 10.9 Å². The Labute approximate surface area is 159 Å². The van der Waals surface area contributed by atoms with Gasteiger partial charge in [0.05, 0.1) is 0 Å². The molecule has 0 aliphatic carbocycles. The minimum atomic E-state index is -0.496. The number of carbonyl (C=O) groups excluding carboxylic acids is 1. The van der Waals surface area contributed by atoms with Crippen LogP contribution in [0.15, 0.2) is 45.6 Å². The molecule has 2 saturated heterocycles. The Balaban J connectivity index is 1.45. The first-order valence-corrected chi connectivity index (χ1v) is 9.85. The van der Waals surface area contributed by atoms with Gasteiger partial charge in [-0.2, -0.15) is 0 Å². The lowest BCUT2D eigenvalue weighted by atomic mass is 10.0. The van der Waals surface area contributed by atoms with Crippen LogP contribution in [0, 0.1) is 6.92 Å². The van der Waals surface area contributed by atoms with Crippen molar-refractivity contribution in [3.63, 3.8) is 0 Å². The first-order valence-electron chi connectivity index (χ1n) is 9.85. The molecule has 1 N–H and O–H groups in total. The van der Waals surface area contributed by atoms with Crippen LogP contribution in [0.1, 0.15) is 46.5 Å². The van der Waals surface area contributed by atoms with Crippen LogP contribution in [0.3, 0.4) is 0 Å². The monoisotopic (exact) mass is 366 g/mol. The summed E-state index contributed by atoms with van der Waals surface area (Å²) in [5.74, 6) is 0.486. The van der Waals surface area contributed by atoms with Crippen LogP contribution in [0.5, 0.6) is 0 Å². The summed E-state index contributed by atoms with van der Waals surface area (Å²) in [5.41, 5.74) is 1.70. The van der Waals surface area contributed by atoms with E-state index in [0.29, 0.717) is 24.8 Å². The predicted octanol–water partition coefficient (Wildman–Crippen LogP) is 2.70. The number of aryl methyl sites for hydroxylation is 3. The number of carbonyl (C=O) groups is 1. The van der Waals surface area contributed by atoms with Crippen molar-refractivity contribution >= 4 is 5.91 Å². The van der Waals surface area contributed by atoms with E-state index in [1.807, 2.05) is 36.1 Å². The summed E-state index contributed by atoms with van der Waals surface area (Å²) in [5, 5.41) is 3.43. The number of hydrogen-bond donors (Lipinski definition) is 1. The maximum atomic E-state index is 13.0. The molecule has 1 aromatic carbocycles. The molecule has 2 atom stereocenters. The summed E-state index contributed by atoms with van der Waals surface area (Å²) in [7, 11) is 0. The number of hydrogen-bond acceptors (Lipinski definition) is 4. The van der Waals surface area contributed by atoms with Crippen molar-refractivity contribution in [2.45, 2.75) is 51.1 Å². The molecule has 2 fully saturated rings. The summed E-state index contributed by atoms with van der Waals surface area (Å²) >= 11 is 0. The highest BCUT2D eigenvalue weighted by Crippen LogP contribution is 2.26. The van der Waals surface area contributed by atoms with E-state index in [1.54, 1.807) is 0 Å². The van der Waals surface area contributed by atoms with Gasteiger partial charge >= 0.3 is 5.63 Å². The molecule has 0 saturated carbocycles. The zero-order chi connectivity index (χ0) is 18.8. The standard InChI is InChI=1S/C22H26N2O3/c1-15-14-17(9-5-8-16-6-3-2-4-7-16)27-22(26)20(15)21(25)24-13-11-18-19(24)10-12-23-18/h2-4,6-7,14,18-19,23H,5,8-13H2,1H3/t18-,19-/m0/s1. The summed E-state index contributed by atoms with van der Waals surface area (Å²) in [6, 6.07) is 12.7. The van der Waals surface area contributed by atoms with Crippen molar-refractivity contribution in [2.75, 3.05) is 13.1 Å². The molecule has 5 heteroatoms. The molecule has 0 radical (unpaired) electrons. The van der Waals surface area contributed by atoms with Crippen LogP contribution in [0.2, 0.25) is 0 Å². The SMILES string of the molecule is Cc1cc(CCCc2ccccc2)oc(=O)c1C(=O)N1CC[C@@H]2NCC[C@@H]21. The van der Waals surface area contributed by atoms with E-state index in [4.69, 9.17) is 4.42 Å². The van der Waals surface area contributed by atoms with Crippen LogP contribution in [0.4, 0.5) is 0 Å². The third-order valence-electron chi connectivity index (χ3n) is 5.80. The van der Waals surface area contributed by atoms with Crippen LogP contribution >= 0.6 is 0 Å². The Kier molecular flexibility index (Phi) is 5.12. The first-order chi connectivity index (χ1) is 13.1. The number of benzene rings is 1. The van der Waals surface area contributed by atoms with Gasteiger partial charge in [-0.05, 0) is 56.3 Å². The molecular weight excluding hydrogens is 340 g/mol. The van der Waals surface area contributed by atoms with Crippen molar-refractivity contribution < 1.29 is 9.21 Å². The van der Waals surface area contributed by atoms with Crippen molar-refractivity contribution in [3.05, 3.63) is 69.3 Å². The second kappa shape index (κ2) is 7.69. The van der Waals surface area contributed by atoms with Gasteiger partial charge in [0.1, 0.15) is 11.3 Å². The summed E-state index contributed by atoms with van der Waals surface area (Å²) in [4.78, 5) is 27.4. The molecule has 142 valence electrons. The minimum absolute atomic E-state index is 0.173. The molecule has 0 spiro atoms. The topological polar surface area (TPSA) is 62.6 Å². The lowest BCUT2D eigenvalue weighted by molar-refractivity contribution is 0.0731. The first kappa shape index (κ1) is 18.0. The number of nitrogens with one attached hydrogen (secondary N) is 1. The van der Waals surface area contributed by atoms with Gasteiger partial charge in [0, 0.05) is 25.0 Å². The van der Waals surface area contributed by atoms with Gasteiger partial charge in [-0.3, -0.25) is 4.79 Å². The molecule has 2 aliphatic heterocycles. The smallest absolute Gasteiger partial charge is 0.349 e. The van der Waals surface area contributed by atoms with Crippen LogP contribution in [-0.2, 0) is 12.8 Å². The summed E-state index contributed by atoms with van der Waals surface area (Å²) < 4.78 is 5.50. The van der Waals surface area contributed by atoms with E-state index in [0.717, 1.165) is 37.8 Å². The highest BCUT2D eigenvalue weighted by atomic mass is 16.4. The van der Waals surface area contributed by atoms with E-state index in [2.05, 4.69) is 17.4 Å². The fraction of sp³-hybridized carbons (Fsp3) is 0.455.